The minimum Gasteiger partial charge on any atom is -0.296 e. The molecule has 8 nitrogen and oxygen atoms in total. The van der Waals surface area contributed by atoms with Crippen molar-refractivity contribution in [3.05, 3.63) is 57.2 Å². The van der Waals surface area contributed by atoms with Crippen molar-refractivity contribution in [2.45, 2.75) is 6.92 Å². The molecule has 9 heteroatoms. The maximum atomic E-state index is 12.2. The van der Waals surface area contributed by atoms with Gasteiger partial charge in [0, 0.05) is 35.8 Å². The van der Waals surface area contributed by atoms with E-state index in [1.54, 1.807) is 35.3 Å². The van der Waals surface area contributed by atoms with Crippen LogP contribution in [-0.2, 0) is 7.05 Å². The summed E-state index contributed by atoms with van der Waals surface area (Å²) in [7, 11) is 1.76. The number of amides is 1. The number of carbonyl (C=O) groups is 1. The number of nitrogens with one attached hydrogen (secondary N) is 1. The van der Waals surface area contributed by atoms with E-state index < -0.39 is 4.92 Å². The van der Waals surface area contributed by atoms with Crippen LogP contribution in [0.2, 0.25) is 0 Å². The number of thiazole rings is 1. The molecule has 2 heterocycles. The van der Waals surface area contributed by atoms with Gasteiger partial charge in [0.2, 0.25) is 0 Å². The van der Waals surface area contributed by atoms with Crippen molar-refractivity contribution in [2.24, 2.45) is 7.05 Å². The summed E-state index contributed by atoms with van der Waals surface area (Å²) >= 11 is 1.25. The van der Waals surface area contributed by atoms with E-state index in [-0.39, 0.29) is 11.6 Å². The molecule has 0 radical (unpaired) electrons. The first-order chi connectivity index (χ1) is 11.4. The molecule has 0 fully saturated rings. The molecule has 2 aromatic heterocycles. The Morgan fingerprint density at radius 1 is 1.38 bits per heavy atom. The molecule has 0 aliphatic heterocycles. The van der Waals surface area contributed by atoms with Crippen LogP contribution < -0.4 is 5.32 Å². The summed E-state index contributed by atoms with van der Waals surface area (Å²) < 4.78 is 1.62. The number of hydrogen-bond acceptors (Lipinski definition) is 6. The maximum absolute atomic E-state index is 12.2. The third kappa shape index (κ3) is 3.15. The van der Waals surface area contributed by atoms with Gasteiger partial charge in [-0.05, 0) is 13.0 Å². The number of nitrogens with zero attached hydrogens (tertiary/aromatic N) is 4. The summed E-state index contributed by atoms with van der Waals surface area (Å²) in [6, 6.07) is 7.88. The van der Waals surface area contributed by atoms with Gasteiger partial charge in [0.25, 0.3) is 11.6 Å². The molecule has 24 heavy (non-hydrogen) atoms. The highest BCUT2D eigenvalue weighted by Crippen LogP contribution is 2.27. The highest BCUT2D eigenvalue weighted by Gasteiger charge is 2.14. The van der Waals surface area contributed by atoms with Gasteiger partial charge < -0.3 is 0 Å². The minimum atomic E-state index is -0.456. The van der Waals surface area contributed by atoms with E-state index in [0.29, 0.717) is 22.1 Å². The second kappa shape index (κ2) is 6.20. The predicted octanol–water partition coefficient (Wildman–Crippen LogP) is 3.01. The highest BCUT2D eigenvalue weighted by molar-refractivity contribution is 7.14. The molecule has 3 rings (SSSR count). The van der Waals surface area contributed by atoms with Gasteiger partial charge in [-0.1, -0.05) is 12.1 Å². The maximum Gasteiger partial charge on any atom is 0.277 e. The lowest BCUT2D eigenvalue weighted by Crippen LogP contribution is -2.12. The number of nitro groups is 1. The van der Waals surface area contributed by atoms with E-state index in [1.165, 1.54) is 23.5 Å². The van der Waals surface area contributed by atoms with Gasteiger partial charge in [0.05, 0.1) is 10.6 Å². The van der Waals surface area contributed by atoms with Crippen molar-refractivity contribution in [3.63, 3.8) is 0 Å². The Hall–Kier alpha value is -3.07. The van der Waals surface area contributed by atoms with Gasteiger partial charge in [0.15, 0.2) is 10.8 Å². The molecule has 0 saturated carbocycles. The quantitative estimate of drug-likeness (QED) is 0.579. The fourth-order valence-corrected chi connectivity index (χ4v) is 2.79. The van der Waals surface area contributed by atoms with E-state index >= 15 is 0 Å². The lowest BCUT2D eigenvalue weighted by atomic mass is 10.1. The van der Waals surface area contributed by atoms with Crippen LogP contribution >= 0.6 is 11.3 Å². The average Bonchev–Trinajstić information content (AvgIpc) is 3.15. The fraction of sp³-hybridized carbons (Fsp3) is 0.133. The Morgan fingerprint density at radius 3 is 2.83 bits per heavy atom. The summed E-state index contributed by atoms with van der Waals surface area (Å²) in [6.45, 7) is 1.85. The Balaban J connectivity index is 1.79. The van der Waals surface area contributed by atoms with Gasteiger partial charge in [-0.3, -0.25) is 24.9 Å². The first-order valence-electron chi connectivity index (χ1n) is 6.96. The Morgan fingerprint density at radius 2 is 2.17 bits per heavy atom. The van der Waals surface area contributed by atoms with E-state index in [2.05, 4.69) is 15.4 Å². The number of aryl methyl sites for hydroxylation is 2. The fourth-order valence-electron chi connectivity index (χ4n) is 2.08. The van der Waals surface area contributed by atoms with Gasteiger partial charge >= 0.3 is 0 Å². The summed E-state index contributed by atoms with van der Waals surface area (Å²) in [4.78, 5) is 26.9. The standard InChI is InChI=1S/C15H13N5O3S/c1-9-6-12(18-19(9)2)14(21)17-15-16-13(8-24-15)10-4-3-5-11(7-10)20(22)23/h3-8H,1-2H3,(H,16,17,21). The first kappa shape index (κ1) is 15.8. The van der Waals surface area contributed by atoms with Crippen LogP contribution in [0.25, 0.3) is 11.3 Å². The molecule has 0 unspecified atom stereocenters. The summed E-state index contributed by atoms with van der Waals surface area (Å²) in [5.74, 6) is -0.348. The zero-order chi connectivity index (χ0) is 17.3. The molecule has 1 aromatic carbocycles. The Labute approximate surface area is 140 Å². The second-order valence-corrected chi connectivity index (χ2v) is 5.95. The molecule has 0 atom stereocenters. The number of aromatic nitrogens is 3. The minimum absolute atomic E-state index is 0.00459. The summed E-state index contributed by atoms with van der Waals surface area (Å²) in [6.07, 6.45) is 0. The lowest BCUT2D eigenvalue weighted by molar-refractivity contribution is -0.384. The number of rotatable bonds is 4. The summed E-state index contributed by atoms with van der Waals surface area (Å²) in [5.41, 5.74) is 2.36. The molecular weight excluding hydrogens is 330 g/mol. The monoisotopic (exact) mass is 343 g/mol. The van der Waals surface area contributed by atoms with E-state index in [0.717, 1.165) is 5.69 Å². The SMILES string of the molecule is Cc1cc(C(=O)Nc2nc(-c3cccc([N+](=O)[O-])c3)cs2)nn1C. The van der Waals surface area contributed by atoms with Crippen molar-refractivity contribution in [1.82, 2.24) is 14.8 Å². The van der Waals surface area contributed by atoms with Crippen molar-refractivity contribution in [3.8, 4) is 11.3 Å². The zero-order valence-electron chi connectivity index (χ0n) is 12.9. The third-order valence-electron chi connectivity index (χ3n) is 3.42. The molecule has 0 saturated heterocycles. The number of benzene rings is 1. The van der Waals surface area contributed by atoms with Crippen LogP contribution in [0.15, 0.2) is 35.7 Å². The van der Waals surface area contributed by atoms with Crippen LogP contribution in [0, 0.1) is 17.0 Å². The average molecular weight is 343 g/mol. The number of non-ortho nitro benzene ring substituents is 1. The largest absolute Gasteiger partial charge is 0.296 e. The van der Waals surface area contributed by atoms with Crippen molar-refractivity contribution in [2.75, 3.05) is 5.32 Å². The molecule has 3 aromatic rings. The first-order valence-corrected chi connectivity index (χ1v) is 7.84. The molecule has 0 aliphatic carbocycles. The van der Waals surface area contributed by atoms with Crippen LogP contribution in [0.5, 0.6) is 0 Å². The van der Waals surface area contributed by atoms with E-state index in [4.69, 9.17) is 0 Å². The lowest BCUT2D eigenvalue weighted by Gasteiger charge is -1.98. The molecule has 0 aliphatic rings. The van der Waals surface area contributed by atoms with Crippen molar-refractivity contribution >= 4 is 28.1 Å². The molecule has 0 bridgehead atoms. The highest BCUT2D eigenvalue weighted by atomic mass is 32.1. The summed E-state index contributed by atoms with van der Waals surface area (Å²) in [5, 5.41) is 19.8. The van der Waals surface area contributed by atoms with E-state index in [1.807, 2.05) is 6.92 Å². The zero-order valence-corrected chi connectivity index (χ0v) is 13.7. The smallest absolute Gasteiger partial charge is 0.277 e. The molecule has 1 N–H and O–H groups in total. The Kier molecular flexibility index (Phi) is 4.09. The molecule has 1 amide bonds. The van der Waals surface area contributed by atoms with Crippen LogP contribution in [0.4, 0.5) is 10.8 Å². The molecule has 0 spiro atoms. The van der Waals surface area contributed by atoms with Crippen LogP contribution in [0.1, 0.15) is 16.2 Å². The number of anilines is 1. The number of hydrogen-bond donors (Lipinski definition) is 1. The van der Waals surface area contributed by atoms with Crippen molar-refractivity contribution < 1.29 is 9.72 Å². The predicted molar refractivity (Wildman–Crippen MR) is 90.1 cm³/mol. The number of nitro benzene ring substituents is 1. The molecule has 122 valence electrons. The van der Waals surface area contributed by atoms with E-state index in [9.17, 15) is 14.9 Å². The van der Waals surface area contributed by atoms with Crippen LogP contribution in [-0.4, -0.2) is 25.6 Å². The van der Waals surface area contributed by atoms with Gasteiger partial charge in [-0.15, -0.1) is 11.3 Å². The van der Waals surface area contributed by atoms with Crippen LogP contribution in [0.3, 0.4) is 0 Å². The Bertz CT molecular complexity index is 911. The van der Waals surface area contributed by atoms with Gasteiger partial charge in [-0.25, -0.2) is 4.98 Å². The molecular formula is C15H13N5O3S. The van der Waals surface area contributed by atoms with Gasteiger partial charge in [-0.2, -0.15) is 5.10 Å². The van der Waals surface area contributed by atoms with Crippen molar-refractivity contribution in [1.29, 1.82) is 0 Å². The second-order valence-electron chi connectivity index (χ2n) is 5.09. The van der Waals surface area contributed by atoms with Gasteiger partial charge in [0.1, 0.15) is 0 Å². The topological polar surface area (TPSA) is 103 Å². The normalized spacial score (nSPS) is 10.6. The third-order valence-corrected chi connectivity index (χ3v) is 4.18. The number of carbonyl (C=O) groups excluding carboxylic acids is 1.